The van der Waals surface area contributed by atoms with Crippen LogP contribution in [0.1, 0.15) is 46.0 Å². The zero-order valence-corrected chi connectivity index (χ0v) is 16.7. The van der Waals surface area contributed by atoms with Gasteiger partial charge in [0.25, 0.3) is 0 Å². The standard InChI is InChI=1S/C10H19NO3.C9H17NO3/c1-9(2)10(13)11-8-14-7-5-3-4-6-12;1-8(2)9(12)10-7-13-6-4-3-5-11/h12H,1,3-8H2,2H3,(H,11,13);11H,1,3-7H2,2H3,(H,10,12). The Hall–Kier alpha value is -1.74. The first-order valence-corrected chi connectivity index (χ1v) is 9.11. The van der Waals surface area contributed by atoms with Gasteiger partial charge >= 0.3 is 0 Å². The molecule has 0 aromatic carbocycles. The Balaban J connectivity index is 0. The van der Waals surface area contributed by atoms with Crippen molar-refractivity contribution in [2.45, 2.75) is 46.0 Å². The minimum Gasteiger partial charge on any atom is -0.396 e. The average Bonchev–Trinajstić information content (AvgIpc) is 2.63. The molecule has 158 valence electrons. The topological polar surface area (TPSA) is 117 Å². The lowest BCUT2D eigenvalue weighted by molar-refractivity contribution is -0.120. The summed E-state index contributed by atoms with van der Waals surface area (Å²) in [6.45, 7) is 12.3. The van der Waals surface area contributed by atoms with Gasteiger partial charge in [0.2, 0.25) is 11.8 Å². The number of aliphatic hydroxyl groups excluding tert-OH is 2. The minimum absolute atomic E-state index is 0.180. The minimum atomic E-state index is -0.192. The quantitative estimate of drug-likeness (QED) is 0.190. The Kier molecular flexibility index (Phi) is 20.9. The van der Waals surface area contributed by atoms with Crippen molar-refractivity contribution in [2.24, 2.45) is 0 Å². The average molecular weight is 389 g/mol. The number of hydrogen-bond acceptors (Lipinski definition) is 6. The van der Waals surface area contributed by atoms with Crippen molar-refractivity contribution in [2.75, 3.05) is 39.9 Å². The number of hydrogen-bond donors (Lipinski definition) is 4. The molecule has 0 unspecified atom stereocenters. The Morgan fingerprint density at radius 2 is 1.11 bits per heavy atom. The number of rotatable bonds is 15. The number of nitrogens with one attached hydrogen (secondary N) is 2. The predicted molar refractivity (Wildman–Crippen MR) is 105 cm³/mol. The first kappa shape index (κ1) is 27.5. The zero-order valence-electron chi connectivity index (χ0n) is 16.7. The summed E-state index contributed by atoms with van der Waals surface area (Å²) in [7, 11) is 0. The maximum atomic E-state index is 11.0. The lowest BCUT2D eigenvalue weighted by Gasteiger charge is -2.05. The molecule has 0 aliphatic rings. The molecule has 0 aliphatic heterocycles. The maximum Gasteiger partial charge on any atom is 0.248 e. The van der Waals surface area contributed by atoms with Gasteiger partial charge in [-0.2, -0.15) is 0 Å². The summed E-state index contributed by atoms with van der Waals surface area (Å²) in [4.78, 5) is 21.9. The zero-order chi connectivity index (χ0) is 20.9. The predicted octanol–water partition coefficient (Wildman–Crippen LogP) is 1.24. The first-order chi connectivity index (χ1) is 12.9. The Morgan fingerprint density at radius 3 is 1.48 bits per heavy atom. The van der Waals surface area contributed by atoms with Crippen molar-refractivity contribution < 1.29 is 29.3 Å². The van der Waals surface area contributed by atoms with Crippen LogP contribution in [-0.2, 0) is 19.1 Å². The molecule has 4 N–H and O–H groups in total. The largest absolute Gasteiger partial charge is 0.396 e. The van der Waals surface area contributed by atoms with E-state index in [0.717, 1.165) is 32.1 Å². The molecule has 27 heavy (non-hydrogen) atoms. The molecule has 8 heteroatoms. The van der Waals surface area contributed by atoms with Gasteiger partial charge in [-0.1, -0.05) is 13.2 Å². The van der Waals surface area contributed by atoms with E-state index in [0.29, 0.717) is 24.4 Å². The number of carbonyl (C=O) groups is 2. The lowest BCUT2D eigenvalue weighted by atomic mass is 10.2. The molecule has 0 rings (SSSR count). The fourth-order valence-electron chi connectivity index (χ4n) is 1.49. The van der Waals surface area contributed by atoms with Crippen molar-refractivity contribution in [1.82, 2.24) is 10.6 Å². The second kappa shape index (κ2) is 20.6. The van der Waals surface area contributed by atoms with Crippen molar-refractivity contribution in [3.63, 3.8) is 0 Å². The van der Waals surface area contributed by atoms with Gasteiger partial charge in [0.15, 0.2) is 0 Å². The van der Waals surface area contributed by atoms with Crippen molar-refractivity contribution >= 4 is 11.8 Å². The summed E-state index contributed by atoms with van der Waals surface area (Å²) < 4.78 is 10.2. The van der Waals surface area contributed by atoms with Crippen LogP contribution >= 0.6 is 0 Å². The van der Waals surface area contributed by atoms with E-state index < -0.39 is 0 Å². The molecular formula is C19H36N2O6. The van der Waals surface area contributed by atoms with E-state index >= 15 is 0 Å². The van der Waals surface area contributed by atoms with Crippen LogP contribution in [0.3, 0.4) is 0 Å². The highest BCUT2D eigenvalue weighted by atomic mass is 16.5. The smallest absolute Gasteiger partial charge is 0.248 e. The van der Waals surface area contributed by atoms with Crippen LogP contribution in [0.25, 0.3) is 0 Å². The number of aliphatic hydroxyl groups is 2. The molecule has 0 saturated carbocycles. The van der Waals surface area contributed by atoms with Crippen LogP contribution in [0.2, 0.25) is 0 Å². The monoisotopic (exact) mass is 388 g/mol. The van der Waals surface area contributed by atoms with E-state index in [2.05, 4.69) is 23.8 Å². The Bertz CT molecular complexity index is 426. The third kappa shape index (κ3) is 22.2. The van der Waals surface area contributed by atoms with E-state index in [9.17, 15) is 9.59 Å². The lowest BCUT2D eigenvalue weighted by Crippen LogP contribution is -2.26. The second-order valence-corrected chi connectivity index (χ2v) is 5.89. The highest BCUT2D eigenvalue weighted by Gasteiger charge is 1.99. The Morgan fingerprint density at radius 1 is 0.741 bits per heavy atom. The maximum absolute atomic E-state index is 11.0. The summed E-state index contributed by atoms with van der Waals surface area (Å²) in [5, 5.41) is 22.0. The molecule has 0 spiro atoms. The molecule has 0 atom stereocenters. The van der Waals surface area contributed by atoms with Gasteiger partial charge in [0, 0.05) is 37.6 Å². The van der Waals surface area contributed by atoms with E-state index in [-0.39, 0.29) is 38.5 Å². The van der Waals surface area contributed by atoms with Gasteiger partial charge in [0.1, 0.15) is 13.5 Å². The van der Waals surface area contributed by atoms with Crippen LogP contribution in [-0.4, -0.2) is 61.9 Å². The summed E-state index contributed by atoms with van der Waals surface area (Å²) in [6.07, 6.45) is 4.20. The van der Waals surface area contributed by atoms with Gasteiger partial charge in [-0.25, -0.2) is 0 Å². The summed E-state index contributed by atoms with van der Waals surface area (Å²) in [6, 6.07) is 0. The number of ether oxygens (including phenoxy) is 2. The summed E-state index contributed by atoms with van der Waals surface area (Å²) in [5.74, 6) is -0.373. The number of unbranched alkanes of at least 4 members (excludes halogenated alkanes) is 3. The molecule has 0 heterocycles. The van der Waals surface area contributed by atoms with Crippen LogP contribution in [0.4, 0.5) is 0 Å². The van der Waals surface area contributed by atoms with Crippen molar-refractivity contribution in [3.05, 3.63) is 24.3 Å². The first-order valence-electron chi connectivity index (χ1n) is 9.11. The summed E-state index contributed by atoms with van der Waals surface area (Å²) in [5.41, 5.74) is 0.952. The molecule has 0 aromatic heterocycles. The van der Waals surface area contributed by atoms with E-state index in [1.165, 1.54) is 0 Å². The van der Waals surface area contributed by atoms with Gasteiger partial charge < -0.3 is 30.3 Å². The third-order valence-corrected chi connectivity index (χ3v) is 3.09. The number of carbonyl (C=O) groups excluding carboxylic acids is 2. The molecule has 0 bridgehead atoms. The normalized spacial score (nSPS) is 9.78. The highest BCUT2D eigenvalue weighted by Crippen LogP contribution is 1.94. The van der Waals surface area contributed by atoms with E-state index in [1.54, 1.807) is 13.8 Å². The van der Waals surface area contributed by atoms with Crippen LogP contribution < -0.4 is 10.6 Å². The molecule has 0 aromatic rings. The van der Waals surface area contributed by atoms with E-state index in [4.69, 9.17) is 19.7 Å². The van der Waals surface area contributed by atoms with Crippen molar-refractivity contribution in [1.29, 1.82) is 0 Å². The van der Waals surface area contributed by atoms with Gasteiger partial charge in [-0.15, -0.1) is 0 Å². The molecule has 0 radical (unpaired) electrons. The van der Waals surface area contributed by atoms with E-state index in [1.807, 2.05) is 0 Å². The van der Waals surface area contributed by atoms with Gasteiger partial charge in [-0.3, -0.25) is 9.59 Å². The van der Waals surface area contributed by atoms with Crippen LogP contribution in [0, 0.1) is 0 Å². The molecule has 2 amide bonds. The fraction of sp³-hybridized carbons (Fsp3) is 0.684. The van der Waals surface area contributed by atoms with Crippen LogP contribution in [0.15, 0.2) is 24.3 Å². The van der Waals surface area contributed by atoms with Gasteiger partial charge in [0.05, 0.1) is 0 Å². The Labute approximate surface area is 162 Å². The van der Waals surface area contributed by atoms with Crippen molar-refractivity contribution in [3.8, 4) is 0 Å². The molecule has 0 fully saturated rings. The highest BCUT2D eigenvalue weighted by molar-refractivity contribution is 5.92. The molecular weight excluding hydrogens is 352 g/mol. The number of amides is 2. The third-order valence-electron chi connectivity index (χ3n) is 3.09. The van der Waals surface area contributed by atoms with Gasteiger partial charge in [-0.05, 0) is 46.0 Å². The fourth-order valence-corrected chi connectivity index (χ4v) is 1.49. The molecule has 0 aliphatic carbocycles. The molecule has 8 nitrogen and oxygen atoms in total. The van der Waals surface area contributed by atoms with Crippen LogP contribution in [0.5, 0.6) is 0 Å². The summed E-state index contributed by atoms with van der Waals surface area (Å²) >= 11 is 0. The second-order valence-electron chi connectivity index (χ2n) is 5.89. The SMILES string of the molecule is C=C(C)C(=O)NCOCCCCCO.C=C(C)C(=O)NCOCCCCO. The molecule has 0 saturated heterocycles.